The van der Waals surface area contributed by atoms with Crippen molar-refractivity contribution in [1.82, 2.24) is 9.88 Å². The number of hydrogen-bond donors (Lipinski definition) is 0. The highest BCUT2D eigenvalue weighted by Crippen LogP contribution is 2.50. The number of rotatable bonds is 7. The first kappa shape index (κ1) is 22.6. The molecule has 0 bridgehead atoms. The quantitative estimate of drug-likeness (QED) is 0.612. The van der Waals surface area contributed by atoms with Crippen molar-refractivity contribution in [3.8, 4) is 0 Å². The summed E-state index contributed by atoms with van der Waals surface area (Å²) in [6.45, 7) is 1.35. The standard InChI is InChI=1S/C22H25ClF2N2O3S/c1-31(28,29)19-7-6-18(26-12-19)8-9-21(20-22(24,25)15-30-20)10-11-27(14-21)13-16-2-4-17(23)5-3-16/h2-7,12,20H,8-11,13-15H2,1H3/t20?,21-/m1/s1. The molecule has 1 aromatic heterocycles. The minimum atomic E-state index is -3.32. The Kier molecular flexibility index (Phi) is 6.11. The highest BCUT2D eigenvalue weighted by Gasteiger charge is 2.61. The Hall–Kier alpha value is -1.61. The van der Waals surface area contributed by atoms with Crippen LogP contribution in [0, 0.1) is 5.41 Å². The molecule has 4 rings (SSSR count). The summed E-state index contributed by atoms with van der Waals surface area (Å²) in [5.41, 5.74) is 1.09. The van der Waals surface area contributed by atoms with Gasteiger partial charge in [-0.3, -0.25) is 9.88 Å². The minimum absolute atomic E-state index is 0.148. The van der Waals surface area contributed by atoms with Gasteiger partial charge in [0.15, 0.2) is 9.84 Å². The summed E-state index contributed by atoms with van der Waals surface area (Å²) in [5, 5.41) is 0.663. The van der Waals surface area contributed by atoms with E-state index in [4.69, 9.17) is 16.3 Å². The van der Waals surface area contributed by atoms with Crippen LogP contribution in [0.4, 0.5) is 8.78 Å². The molecule has 168 valence electrons. The number of aryl methyl sites for hydroxylation is 1. The molecular weight excluding hydrogens is 446 g/mol. The maximum Gasteiger partial charge on any atom is 0.297 e. The molecule has 9 heteroatoms. The number of aromatic nitrogens is 1. The molecule has 2 atom stereocenters. The lowest BCUT2D eigenvalue weighted by Gasteiger charge is -2.48. The van der Waals surface area contributed by atoms with Crippen molar-refractivity contribution in [2.24, 2.45) is 5.41 Å². The summed E-state index contributed by atoms with van der Waals surface area (Å²) in [5.74, 6) is -2.83. The van der Waals surface area contributed by atoms with Crippen LogP contribution in [-0.2, 0) is 27.5 Å². The number of likely N-dealkylation sites (tertiary alicyclic amines) is 1. The van der Waals surface area contributed by atoms with Gasteiger partial charge in [-0.25, -0.2) is 17.2 Å². The fourth-order valence-corrected chi connectivity index (χ4v) is 5.27. The predicted octanol–water partition coefficient (Wildman–Crippen LogP) is 4.00. The van der Waals surface area contributed by atoms with Crippen LogP contribution in [0.2, 0.25) is 5.02 Å². The van der Waals surface area contributed by atoms with E-state index >= 15 is 0 Å². The Morgan fingerprint density at radius 3 is 2.52 bits per heavy atom. The Balaban J connectivity index is 1.48. The maximum atomic E-state index is 14.4. The average Bonchev–Trinajstić information content (AvgIpc) is 3.10. The van der Waals surface area contributed by atoms with Crippen molar-refractivity contribution >= 4 is 21.4 Å². The third-order valence-electron chi connectivity index (χ3n) is 6.27. The van der Waals surface area contributed by atoms with Crippen LogP contribution in [0.5, 0.6) is 0 Å². The van der Waals surface area contributed by atoms with Crippen molar-refractivity contribution in [3.05, 3.63) is 58.9 Å². The molecule has 0 saturated carbocycles. The van der Waals surface area contributed by atoms with Crippen LogP contribution in [0.25, 0.3) is 0 Å². The van der Waals surface area contributed by atoms with Gasteiger partial charge >= 0.3 is 0 Å². The third kappa shape index (κ3) is 4.92. The fraction of sp³-hybridized carbons (Fsp3) is 0.500. The number of sulfone groups is 1. The Bertz CT molecular complexity index is 1030. The van der Waals surface area contributed by atoms with E-state index in [-0.39, 0.29) is 4.90 Å². The van der Waals surface area contributed by atoms with Crippen molar-refractivity contribution in [1.29, 1.82) is 0 Å². The number of nitrogens with zero attached hydrogens (tertiary/aromatic N) is 2. The summed E-state index contributed by atoms with van der Waals surface area (Å²) < 4.78 is 57.4. The zero-order valence-electron chi connectivity index (χ0n) is 17.2. The molecule has 2 aromatic rings. The topological polar surface area (TPSA) is 59.5 Å². The summed E-state index contributed by atoms with van der Waals surface area (Å²) in [6.07, 6.45) is 2.94. The average molecular weight is 471 g/mol. The second-order valence-corrected chi connectivity index (χ2v) is 11.1. The van der Waals surface area contributed by atoms with E-state index in [1.54, 1.807) is 6.07 Å². The van der Waals surface area contributed by atoms with Gasteiger partial charge in [0.25, 0.3) is 5.92 Å². The van der Waals surface area contributed by atoms with Crippen molar-refractivity contribution in [2.75, 3.05) is 26.0 Å². The number of alkyl halides is 2. The van der Waals surface area contributed by atoms with E-state index < -0.39 is 33.9 Å². The zero-order chi connectivity index (χ0) is 22.3. The first-order valence-corrected chi connectivity index (χ1v) is 12.5. The van der Waals surface area contributed by atoms with Crippen LogP contribution in [-0.4, -0.2) is 56.3 Å². The molecular formula is C22H25ClF2N2O3S. The molecule has 1 aromatic carbocycles. The molecule has 1 unspecified atom stereocenters. The molecule has 2 aliphatic rings. The number of halogens is 3. The molecule has 0 aliphatic carbocycles. The first-order valence-electron chi connectivity index (χ1n) is 10.2. The molecule has 0 spiro atoms. The van der Waals surface area contributed by atoms with E-state index in [0.29, 0.717) is 49.6 Å². The second kappa shape index (κ2) is 8.39. The Morgan fingerprint density at radius 2 is 1.97 bits per heavy atom. The molecule has 3 heterocycles. The Labute approximate surface area is 186 Å². The van der Waals surface area contributed by atoms with Gasteiger partial charge in [0.2, 0.25) is 0 Å². The maximum absolute atomic E-state index is 14.4. The molecule has 2 saturated heterocycles. The van der Waals surface area contributed by atoms with Crippen molar-refractivity contribution in [2.45, 2.75) is 42.7 Å². The van der Waals surface area contributed by atoms with Crippen LogP contribution in [0.1, 0.15) is 24.1 Å². The zero-order valence-corrected chi connectivity index (χ0v) is 18.8. The van der Waals surface area contributed by atoms with E-state index in [9.17, 15) is 17.2 Å². The monoisotopic (exact) mass is 470 g/mol. The van der Waals surface area contributed by atoms with Crippen LogP contribution in [0.3, 0.4) is 0 Å². The van der Waals surface area contributed by atoms with Crippen molar-refractivity contribution < 1.29 is 21.9 Å². The molecule has 0 radical (unpaired) electrons. The summed E-state index contributed by atoms with van der Waals surface area (Å²) in [7, 11) is -3.32. The van der Waals surface area contributed by atoms with Gasteiger partial charge in [0.05, 0.1) is 4.90 Å². The largest absolute Gasteiger partial charge is 0.365 e. The van der Waals surface area contributed by atoms with Crippen molar-refractivity contribution in [3.63, 3.8) is 0 Å². The van der Waals surface area contributed by atoms with Gasteiger partial charge in [-0.2, -0.15) is 0 Å². The number of ether oxygens (including phenoxy) is 1. The summed E-state index contributed by atoms with van der Waals surface area (Å²) in [6, 6.07) is 10.7. The smallest absolute Gasteiger partial charge is 0.297 e. The molecule has 2 aliphatic heterocycles. The first-order chi connectivity index (χ1) is 14.6. The number of pyridine rings is 1. The Morgan fingerprint density at radius 1 is 1.23 bits per heavy atom. The second-order valence-electron chi connectivity index (χ2n) is 8.66. The molecule has 0 amide bonds. The van der Waals surface area contributed by atoms with Gasteiger partial charge in [-0.05, 0) is 55.6 Å². The molecule has 31 heavy (non-hydrogen) atoms. The van der Waals surface area contributed by atoms with Crippen LogP contribution >= 0.6 is 11.6 Å². The van der Waals surface area contributed by atoms with Crippen LogP contribution < -0.4 is 0 Å². The summed E-state index contributed by atoms with van der Waals surface area (Å²) in [4.78, 5) is 6.57. The molecule has 0 N–H and O–H groups in total. The molecule has 5 nitrogen and oxygen atoms in total. The number of hydrogen-bond acceptors (Lipinski definition) is 5. The van der Waals surface area contributed by atoms with E-state index in [2.05, 4.69) is 9.88 Å². The predicted molar refractivity (Wildman–Crippen MR) is 114 cm³/mol. The number of benzene rings is 1. The normalized spacial score (nSPS) is 26.0. The lowest BCUT2D eigenvalue weighted by molar-refractivity contribution is -0.301. The van der Waals surface area contributed by atoms with Gasteiger partial charge in [-0.15, -0.1) is 0 Å². The van der Waals surface area contributed by atoms with Gasteiger partial charge in [0, 0.05) is 41.7 Å². The summed E-state index contributed by atoms with van der Waals surface area (Å²) >= 11 is 5.95. The molecule has 2 fully saturated rings. The highest BCUT2D eigenvalue weighted by molar-refractivity contribution is 7.90. The third-order valence-corrected chi connectivity index (χ3v) is 7.62. The van der Waals surface area contributed by atoms with E-state index in [1.807, 2.05) is 24.3 Å². The highest BCUT2D eigenvalue weighted by atomic mass is 35.5. The van der Waals surface area contributed by atoms with E-state index in [1.165, 1.54) is 12.3 Å². The van der Waals surface area contributed by atoms with Gasteiger partial charge in [0.1, 0.15) is 12.7 Å². The van der Waals surface area contributed by atoms with Crippen LogP contribution in [0.15, 0.2) is 47.5 Å². The van der Waals surface area contributed by atoms with Gasteiger partial charge < -0.3 is 4.74 Å². The SMILES string of the molecule is CS(=O)(=O)c1ccc(CC[C@@]2(C3OCC3(F)F)CCN(Cc3ccc(Cl)cc3)C2)nc1. The fourth-order valence-electron chi connectivity index (χ4n) is 4.59. The minimum Gasteiger partial charge on any atom is -0.365 e. The van der Waals surface area contributed by atoms with E-state index in [0.717, 1.165) is 11.8 Å². The lowest BCUT2D eigenvalue weighted by atomic mass is 9.72. The lowest BCUT2D eigenvalue weighted by Crippen LogP contribution is -2.61. The van der Waals surface area contributed by atoms with Gasteiger partial charge in [-0.1, -0.05) is 23.7 Å².